The van der Waals surface area contributed by atoms with E-state index in [4.69, 9.17) is 25.2 Å². The quantitative estimate of drug-likeness (QED) is 0.225. The number of nitrogens with zero attached hydrogens (tertiary/aromatic N) is 1. The third-order valence-electron chi connectivity index (χ3n) is 2.72. The second-order valence-electron chi connectivity index (χ2n) is 4.30. The Morgan fingerprint density at radius 3 is 2.67 bits per heavy atom. The molecule has 0 saturated heterocycles. The summed E-state index contributed by atoms with van der Waals surface area (Å²) in [5.74, 6) is -0.592. The van der Waals surface area contributed by atoms with Crippen molar-refractivity contribution in [2.24, 2.45) is 10.9 Å². The minimum atomic E-state index is -0.458. The summed E-state index contributed by atoms with van der Waals surface area (Å²) < 4.78 is 29.3. The normalized spacial score (nSPS) is 11.8. The van der Waals surface area contributed by atoms with Crippen LogP contribution in [0.3, 0.4) is 0 Å². The molecule has 0 aliphatic carbocycles. The zero-order chi connectivity index (χ0) is 15.5. The van der Waals surface area contributed by atoms with Gasteiger partial charge < -0.3 is 25.2 Å². The highest BCUT2D eigenvalue weighted by atomic mass is 19.1. The lowest BCUT2D eigenvalue weighted by molar-refractivity contribution is 0.0329. The molecule has 0 unspecified atom stereocenters. The van der Waals surface area contributed by atoms with Crippen LogP contribution in [-0.2, 0) is 20.8 Å². The Hall–Kier alpha value is -1.70. The molecular weight excluding hydrogens is 279 g/mol. The van der Waals surface area contributed by atoms with Crippen molar-refractivity contribution in [1.82, 2.24) is 0 Å². The Bertz CT molecular complexity index is 455. The Kier molecular flexibility index (Phi) is 8.34. The third-order valence-corrected chi connectivity index (χ3v) is 2.72. The molecule has 0 aromatic heterocycles. The molecule has 0 aliphatic rings. The highest BCUT2D eigenvalue weighted by molar-refractivity contribution is 5.97. The first-order valence-electron chi connectivity index (χ1n) is 6.59. The summed E-state index contributed by atoms with van der Waals surface area (Å²) in [6.45, 7) is 2.25. The van der Waals surface area contributed by atoms with Crippen LogP contribution >= 0.6 is 0 Å². The van der Waals surface area contributed by atoms with E-state index < -0.39 is 5.82 Å². The number of hydrogen-bond acceptors (Lipinski definition) is 5. The van der Waals surface area contributed by atoms with Gasteiger partial charge in [0.15, 0.2) is 5.84 Å². The summed E-state index contributed by atoms with van der Waals surface area (Å²) in [6, 6.07) is 4.31. The lowest BCUT2D eigenvalue weighted by atomic mass is 10.1. The fourth-order valence-corrected chi connectivity index (χ4v) is 1.59. The molecule has 1 rings (SSSR count). The van der Waals surface area contributed by atoms with E-state index in [9.17, 15) is 4.39 Å². The molecule has 118 valence electrons. The number of ether oxygens (including phenoxy) is 3. The minimum absolute atomic E-state index is 0.133. The summed E-state index contributed by atoms with van der Waals surface area (Å²) >= 11 is 0. The van der Waals surface area contributed by atoms with Crippen molar-refractivity contribution >= 4 is 5.84 Å². The fraction of sp³-hybridized carbons (Fsp3) is 0.500. The number of nitrogens with two attached hydrogens (primary N) is 1. The van der Waals surface area contributed by atoms with E-state index in [1.54, 1.807) is 19.2 Å². The first-order valence-corrected chi connectivity index (χ1v) is 6.59. The molecule has 6 nitrogen and oxygen atoms in total. The van der Waals surface area contributed by atoms with Crippen LogP contribution in [0.25, 0.3) is 0 Å². The van der Waals surface area contributed by atoms with Gasteiger partial charge in [0.05, 0.1) is 19.8 Å². The predicted octanol–water partition coefficient (Wildman–Crippen LogP) is 1.49. The molecular formula is C14H21FN2O4. The highest BCUT2D eigenvalue weighted by Crippen LogP contribution is 2.11. The van der Waals surface area contributed by atoms with Crippen LogP contribution in [0.15, 0.2) is 23.4 Å². The second-order valence-corrected chi connectivity index (χ2v) is 4.30. The third kappa shape index (κ3) is 6.52. The van der Waals surface area contributed by atoms with Crippen LogP contribution in [0.4, 0.5) is 4.39 Å². The molecule has 0 aliphatic heterocycles. The molecule has 1 aromatic carbocycles. The van der Waals surface area contributed by atoms with Crippen molar-refractivity contribution in [2.75, 3.05) is 33.5 Å². The maximum absolute atomic E-state index is 13.7. The van der Waals surface area contributed by atoms with E-state index in [1.165, 1.54) is 6.07 Å². The Morgan fingerprint density at radius 2 is 2.00 bits per heavy atom. The number of oxime groups is 1. The smallest absolute Gasteiger partial charge is 0.170 e. The van der Waals surface area contributed by atoms with Gasteiger partial charge in [-0.05, 0) is 12.5 Å². The van der Waals surface area contributed by atoms with Crippen molar-refractivity contribution in [3.05, 3.63) is 35.1 Å². The van der Waals surface area contributed by atoms with Gasteiger partial charge in [-0.2, -0.15) is 0 Å². The van der Waals surface area contributed by atoms with Gasteiger partial charge in [-0.3, -0.25) is 0 Å². The Labute approximate surface area is 123 Å². The lowest BCUT2D eigenvalue weighted by Crippen LogP contribution is -2.14. The number of halogens is 1. The zero-order valence-electron chi connectivity index (χ0n) is 12.0. The first-order chi connectivity index (χ1) is 10.2. The van der Waals surface area contributed by atoms with E-state index >= 15 is 0 Å². The molecule has 3 N–H and O–H groups in total. The number of benzene rings is 1. The number of rotatable bonds is 10. The zero-order valence-corrected chi connectivity index (χ0v) is 12.0. The molecule has 0 atom stereocenters. The molecule has 7 heteroatoms. The monoisotopic (exact) mass is 300 g/mol. The van der Waals surface area contributed by atoms with Crippen molar-refractivity contribution in [3.8, 4) is 0 Å². The summed E-state index contributed by atoms with van der Waals surface area (Å²) in [5, 5.41) is 11.3. The summed E-state index contributed by atoms with van der Waals surface area (Å²) in [7, 11) is 1.64. The molecule has 0 radical (unpaired) electrons. The topological polar surface area (TPSA) is 86.3 Å². The molecule has 1 aromatic rings. The average Bonchev–Trinajstić information content (AvgIpc) is 2.50. The van der Waals surface area contributed by atoms with Gasteiger partial charge in [0.25, 0.3) is 0 Å². The van der Waals surface area contributed by atoms with Crippen LogP contribution in [0.5, 0.6) is 0 Å². The van der Waals surface area contributed by atoms with E-state index in [0.29, 0.717) is 37.6 Å². The summed E-state index contributed by atoms with van der Waals surface area (Å²) in [5.41, 5.74) is 6.11. The van der Waals surface area contributed by atoms with E-state index in [1.807, 2.05) is 0 Å². The minimum Gasteiger partial charge on any atom is -0.409 e. The van der Waals surface area contributed by atoms with Gasteiger partial charge in [0.2, 0.25) is 0 Å². The molecule has 0 heterocycles. The second kappa shape index (κ2) is 10.1. The van der Waals surface area contributed by atoms with E-state index in [-0.39, 0.29) is 12.4 Å². The van der Waals surface area contributed by atoms with Gasteiger partial charge >= 0.3 is 0 Å². The van der Waals surface area contributed by atoms with Crippen LogP contribution in [0, 0.1) is 5.82 Å². The molecule has 0 fully saturated rings. The van der Waals surface area contributed by atoms with E-state index in [2.05, 4.69) is 5.16 Å². The van der Waals surface area contributed by atoms with Crippen molar-refractivity contribution in [2.45, 2.75) is 13.0 Å². The molecule has 0 amide bonds. The molecule has 0 spiro atoms. The fourth-order valence-electron chi connectivity index (χ4n) is 1.59. The van der Waals surface area contributed by atoms with E-state index in [0.717, 1.165) is 6.42 Å². The number of hydrogen-bond donors (Lipinski definition) is 2. The standard InChI is InChI=1S/C14H21FN2O4/c1-19-5-2-6-20-7-8-21-10-12-4-3-11(9-13(12)15)14(16)17-18/h3-4,9,18H,2,5-8,10H2,1H3,(H2,16,17). The largest absolute Gasteiger partial charge is 0.409 e. The van der Waals surface area contributed by atoms with Crippen LogP contribution < -0.4 is 5.73 Å². The molecule has 0 saturated carbocycles. The highest BCUT2D eigenvalue weighted by Gasteiger charge is 2.06. The number of methoxy groups -OCH3 is 1. The Morgan fingerprint density at radius 1 is 1.24 bits per heavy atom. The van der Waals surface area contributed by atoms with Gasteiger partial charge in [0, 0.05) is 31.5 Å². The maximum atomic E-state index is 13.7. The van der Waals surface area contributed by atoms with Crippen LogP contribution in [0.2, 0.25) is 0 Å². The predicted molar refractivity (Wildman–Crippen MR) is 75.9 cm³/mol. The van der Waals surface area contributed by atoms with Gasteiger partial charge in [-0.1, -0.05) is 17.3 Å². The van der Waals surface area contributed by atoms with Crippen molar-refractivity contribution in [3.63, 3.8) is 0 Å². The first kappa shape index (κ1) is 17.4. The summed E-state index contributed by atoms with van der Waals surface area (Å²) in [6.07, 6.45) is 0.834. The maximum Gasteiger partial charge on any atom is 0.170 e. The van der Waals surface area contributed by atoms with Crippen molar-refractivity contribution in [1.29, 1.82) is 0 Å². The van der Waals surface area contributed by atoms with Crippen molar-refractivity contribution < 1.29 is 23.8 Å². The van der Waals surface area contributed by atoms with Gasteiger partial charge in [-0.25, -0.2) is 4.39 Å². The average molecular weight is 300 g/mol. The molecule has 0 bridgehead atoms. The van der Waals surface area contributed by atoms with Gasteiger partial charge in [0.1, 0.15) is 5.82 Å². The lowest BCUT2D eigenvalue weighted by Gasteiger charge is -2.07. The number of amidine groups is 1. The van der Waals surface area contributed by atoms with Gasteiger partial charge in [-0.15, -0.1) is 0 Å². The summed E-state index contributed by atoms with van der Waals surface area (Å²) in [4.78, 5) is 0. The molecule has 21 heavy (non-hydrogen) atoms. The van der Waals surface area contributed by atoms with Crippen LogP contribution in [0.1, 0.15) is 17.5 Å². The SMILES string of the molecule is COCCCOCCOCc1ccc(/C(N)=N/O)cc1F. The Balaban J connectivity index is 2.26. The van der Waals surface area contributed by atoms with Crippen LogP contribution in [-0.4, -0.2) is 44.6 Å².